The first-order chi connectivity index (χ1) is 16.4. The largest absolute Gasteiger partial charge is 0.339 e. The second-order valence-corrected chi connectivity index (χ2v) is 10.2. The molecule has 1 aromatic carbocycles. The van der Waals surface area contributed by atoms with E-state index in [2.05, 4.69) is 21.0 Å². The molecule has 2 fully saturated rings. The molecule has 4 heterocycles. The van der Waals surface area contributed by atoms with Crippen molar-refractivity contribution >= 4 is 27.7 Å². The minimum Gasteiger partial charge on any atom is -0.339 e. The lowest BCUT2D eigenvalue weighted by atomic mass is 9.77. The highest BCUT2D eigenvalue weighted by atomic mass is 79.9. The molecule has 2 aliphatic rings. The van der Waals surface area contributed by atoms with E-state index in [1.54, 1.807) is 4.68 Å². The first-order valence-corrected chi connectivity index (χ1v) is 12.8. The summed E-state index contributed by atoms with van der Waals surface area (Å²) in [5.74, 6) is 0.127. The molecule has 3 aromatic rings. The normalized spacial score (nSPS) is 17.5. The molecule has 0 radical (unpaired) electrons. The molecule has 5 rings (SSSR count). The number of hydrogen-bond acceptors (Lipinski definition) is 3. The van der Waals surface area contributed by atoms with Crippen molar-refractivity contribution in [1.29, 1.82) is 0 Å². The maximum atomic E-state index is 13.4. The molecule has 0 N–H and O–H groups in total. The van der Waals surface area contributed by atoms with Crippen molar-refractivity contribution in [3.63, 3.8) is 0 Å². The van der Waals surface area contributed by atoms with Gasteiger partial charge in [0.05, 0.1) is 21.4 Å². The van der Waals surface area contributed by atoms with E-state index in [1.165, 1.54) is 0 Å². The second-order valence-electron chi connectivity index (χ2n) is 9.44. The van der Waals surface area contributed by atoms with Crippen molar-refractivity contribution in [2.75, 3.05) is 26.2 Å². The Bertz CT molecular complexity index is 1210. The molecule has 0 saturated carbocycles. The number of amides is 2. The van der Waals surface area contributed by atoms with Crippen LogP contribution in [0.5, 0.6) is 0 Å². The maximum Gasteiger partial charge on any atom is 0.273 e. The van der Waals surface area contributed by atoms with Crippen LogP contribution >= 0.6 is 15.9 Å². The lowest BCUT2D eigenvalue weighted by Gasteiger charge is -2.39. The third-order valence-electron chi connectivity index (χ3n) is 7.41. The number of aromatic nitrogens is 3. The van der Waals surface area contributed by atoms with Gasteiger partial charge in [-0.15, -0.1) is 0 Å². The zero-order valence-corrected chi connectivity index (χ0v) is 21.3. The van der Waals surface area contributed by atoms with Crippen molar-refractivity contribution in [1.82, 2.24) is 24.1 Å². The number of hydrogen-bond donors (Lipinski definition) is 0. The van der Waals surface area contributed by atoms with Gasteiger partial charge in [-0.25, -0.2) is 0 Å². The molecule has 1 spiro atoms. The molecule has 2 saturated heterocycles. The molecular formula is C26H30BrN5O2. The standard InChI is InChI=1S/C26H30BrN5O2/c1-3-32-23(22(27)19(2)28-32)25(34)31-17-12-26(18-31)10-15-30(16-11-26)24(33)20-8-4-5-9-21(20)29-13-6-7-14-29/h4-9,13-14H,3,10-12,15-18H2,1-2H3. The predicted molar refractivity (Wildman–Crippen MR) is 134 cm³/mol. The summed E-state index contributed by atoms with van der Waals surface area (Å²) in [5, 5.41) is 4.49. The van der Waals surface area contributed by atoms with Crippen molar-refractivity contribution < 1.29 is 9.59 Å². The average molecular weight is 524 g/mol. The average Bonchev–Trinajstić information content (AvgIpc) is 3.60. The SMILES string of the molecule is CCn1nc(C)c(Br)c1C(=O)N1CCC2(CCN(C(=O)c3ccccc3-n3cccc3)CC2)C1. The Labute approximate surface area is 208 Å². The third kappa shape index (κ3) is 3.98. The van der Waals surface area contributed by atoms with Gasteiger partial charge in [-0.3, -0.25) is 14.3 Å². The Balaban J connectivity index is 1.27. The fourth-order valence-corrected chi connectivity index (χ4v) is 5.84. The molecule has 34 heavy (non-hydrogen) atoms. The molecule has 178 valence electrons. The molecule has 0 atom stereocenters. The summed E-state index contributed by atoms with van der Waals surface area (Å²) in [6.07, 6.45) is 6.75. The highest BCUT2D eigenvalue weighted by Crippen LogP contribution is 2.41. The van der Waals surface area contributed by atoms with Crippen LogP contribution in [0.25, 0.3) is 5.69 Å². The number of likely N-dealkylation sites (tertiary alicyclic amines) is 2. The minimum atomic E-state index is 0.0466. The van der Waals surface area contributed by atoms with Gasteiger partial charge < -0.3 is 14.4 Å². The van der Waals surface area contributed by atoms with Gasteiger partial charge in [0.25, 0.3) is 11.8 Å². The first-order valence-electron chi connectivity index (χ1n) is 12.0. The fraction of sp³-hybridized carbons (Fsp3) is 0.423. The molecular weight excluding hydrogens is 494 g/mol. The summed E-state index contributed by atoms with van der Waals surface area (Å²) in [4.78, 5) is 30.7. The van der Waals surface area contributed by atoms with Crippen LogP contribution in [0.4, 0.5) is 0 Å². The van der Waals surface area contributed by atoms with Gasteiger partial charge in [0.2, 0.25) is 0 Å². The van der Waals surface area contributed by atoms with Gasteiger partial charge in [0, 0.05) is 45.1 Å². The van der Waals surface area contributed by atoms with Crippen molar-refractivity contribution in [2.45, 2.75) is 39.7 Å². The Hall–Kier alpha value is -2.87. The summed E-state index contributed by atoms with van der Waals surface area (Å²) in [7, 11) is 0. The van der Waals surface area contributed by atoms with Gasteiger partial charge in [-0.05, 0) is 78.7 Å². The zero-order chi connectivity index (χ0) is 23.9. The maximum absolute atomic E-state index is 13.4. The van der Waals surface area contributed by atoms with E-state index in [0.29, 0.717) is 12.2 Å². The van der Waals surface area contributed by atoms with E-state index in [4.69, 9.17) is 0 Å². The van der Waals surface area contributed by atoms with E-state index in [1.807, 2.05) is 77.0 Å². The smallest absolute Gasteiger partial charge is 0.273 e. The van der Waals surface area contributed by atoms with Crippen molar-refractivity contribution in [3.8, 4) is 5.69 Å². The zero-order valence-electron chi connectivity index (χ0n) is 19.7. The minimum absolute atomic E-state index is 0.0466. The van der Waals surface area contributed by atoms with E-state index in [-0.39, 0.29) is 17.2 Å². The van der Waals surface area contributed by atoms with E-state index in [9.17, 15) is 9.59 Å². The molecule has 2 aromatic heterocycles. The van der Waals surface area contributed by atoms with Crippen LogP contribution in [-0.4, -0.2) is 62.1 Å². The molecule has 2 aliphatic heterocycles. The Morgan fingerprint density at radius 3 is 2.29 bits per heavy atom. The predicted octanol–water partition coefficient (Wildman–Crippen LogP) is 4.53. The number of carbonyl (C=O) groups is 2. The van der Waals surface area contributed by atoms with Crippen molar-refractivity contribution in [2.24, 2.45) is 5.41 Å². The number of halogens is 1. The van der Waals surface area contributed by atoms with Crippen molar-refractivity contribution in [3.05, 3.63) is 70.2 Å². The molecule has 0 aliphatic carbocycles. The number of benzene rings is 1. The topological polar surface area (TPSA) is 63.4 Å². The highest BCUT2D eigenvalue weighted by molar-refractivity contribution is 9.10. The Kier molecular flexibility index (Phi) is 6.10. The van der Waals surface area contributed by atoms with Crippen LogP contribution in [0.3, 0.4) is 0 Å². The lowest BCUT2D eigenvalue weighted by Crippen LogP contribution is -2.45. The number of rotatable bonds is 4. The van der Waals surface area contributed by atoms with E-state index < -0.39 is 0 Å². The van der Waals surface area contributed by atoms with E-state index >= 15 is 0 Å². The number of aryl methyl sites for hydroxylation is 2. The van der Waals surface area contributed by atoms with Gasteiger partial charge in [-0.1, -0.05) is 12.1 Å². The van der Waals surface area contributed by atoms with Crippen LogP contribution < -0.4 is 0 Å². The molecule has 8 heteroatoms. The van der Waals surface area contributed by atoms with Crippen LogP contribution in [0.15, 0.2) is 53.3 Å². The van der Waals surface area contributed by atoms with E-state index in [0.717, 1.165) is 66.9 Å². The third-order valence-corrected chi connectivity index (χ3v) is 8.36. The quantitative estimate of drug-likeness (QED) is 0.504. The molecule has 7 nitrogen and oxygen atoms in total. The summed E-state index contributed by atoms with van der Waals surface area (Å²) in [6.45, 7) is 7.51. The molecule has 0 unspecified atom stereocenters. The van der Waals surface area contributed by atoms with Crippen LogP contribution in [-0.2, 0) is 6.54 Å². The number of para-hydroxylation sites is 1. The van der Waals surface area contributed by atoms with Crippen LogP contribution in [0, 0.1) is 12.3 Å². The Morgan fingerprint density at radius 2 is 1.62 bits per heavy atom. The van der Waals surface area contributed by atoms with Gasteiger partial charge >= 0.3 is 0 Å². The second kappa shape index (κ2) is 9.06. The Morgan fingerprint density at radius 1 is 0.971 bits per heavy atom. The first kappa shape index (κ1) is 22.9. The fourth-order valence-electron chi connectivity index (χ4n) is 5.39. The molecule has 0 bridgehead atoms. The lowest BCUT2D eigenvalue weighted by molar-refractivity contribution is 0.0563. The monoisotopic (exact) mass is 523 g/mol. The molecule has 2 amide bonds. The summed E-state index contributed by atoms with van der Waals surface area (Å²) in [6, 6.07) is 11.7. The van der Waals surface area contributed by atoms with Gasteiger partial charge in [0.15, 0.2) is 0 Å². The summed E-state index contributed by atoms with van der Waals surface area (Å²) < 4.78 is 4.57. The number of nitrogens with zero attached hydrogens (tertiary/aromatic N) is 5. The highest BCUT2D eigenvalue weighted by Gasteiger charge is 2.44. The van der Waals surface area contributed by atoms with Crippen LogP contribution in [0.1, 0.15) is 52.7 Å². The van der Waals surface area contributed by atoms with Crippen LogP contribution in [0.2, 0.25) is 0 Å². The summed E-state index contributed by atoms with van der Waals surface area (Å²) >= 11 is 3.57. The number of carbonyl (C=O) groups excluding carboxylic acids is 2. The summed E-state index contributed by atoms with van der Waals surface area (Å²) in [5.41, 5.74) is 3.21. The van der Waals surface area contributed by atoms with Gasteiger partial charge in [-0.2, -0.15) is 5.10 Å². The number of piperidine rings is 1. The van der Waals surface area contributed by atoms with Gasteiger partial charge in [0.1, 0.15) is 5.69 Å².